The number of nitrogens with zero attached hydrogens (tertiary/aromatic N) is 1. The first kappa shape index (κ1) is 21.6. The van der Waals surface area contributed by atoms with Crippen molar-refractivity contribution in [2.75, 3.05) is 19.7 Å². The molecule has 1 saturated heterocycles. The normalized spacial score (nSPS) is 17.2. The van der Waals surface area contributed by atoms with E-state index < -0.39 is 9.84 Å². The number of halogens is 1. The van der Waals surface area contributed by atoms with Crippen LogP contribution in [0.25, 0.3) is 0 Å². The van der Waals surface area contributed by atoms with E-state index in [1.54, 1.807) is 24.0 Å². The van der Waals surface area contributed by atoms with Gasteiger partial charge in [0.05, 0.1) is 17.4 Å². The lowest BCUT2D eigenvalue weighted by Gasteiger charge is -2.30. The number of hydrogen-bond acceptors (Lipinski definition) is 6. The van der Waals surface area contributed by atoms with Crippen molar-refractivity contribution in [3.05, 3.63) is 52.4 Å². The Balaban J connectivity index is 1.68. The predicted octanol–water partition coefficient (Wildman–Crippen LogP) is 3.43. The van der Waals surface area contributed by atoms with E-state index in [2.05, 4.69) is 15.9 Å². The van der Waals surface area contributed by atoms with Gasteiger partial charge in [0, 0.05) is 17.6 Å². The Kier molecular flexibility index (Phi) is 6.79. The van der Waals surface area contributed by atoms with Crippen molar-refractivity contribution < 1.29 is 27.2 Å². The Morgan fingerprint density at radius 1 is 1.21 bits per heavy atom. The van der Waals surface area contributed by atoms with E-state index in [9.17, 15) is 18.0 Å². The summed E-state index contributed by atoms with van der Waals surface area (Å²) in [6, 6.07) is 9.30. The first-order valence-electron chi connectivity index (χ1n) is 9.33. The molecule has 3 rings (SSSR count). The number of carbonyl (C=O) groups is 2. The molecule has 7 nitrogen and oxygen atoms in total. The SMILES string of the molecule is CCOC(=O)[C@@H]1CCCN(C(=O)c2ccc(CS(=O)(=O)c3ccc(Br)cc3)o2)C1. The molecule has 156 valence electrons. The lowest BCUT2D eigenvalue weighted by molar-refractivity contribution is -0.149. The number of likely N-dealkylation sites (tertiary alicyclic amines) is 1. The van der Waals surface area contributed by atoms with E-state index in [4.69, 9.17) is 9.15 Å². The van der Waals surface area contributed by atoms with Crippen molar-refractivity contribution in [3.63, 3.8) is 0 Å². The Morgan fingerprint density at radius 2 is 1.93 bits per heavy atom. The number of ether oxygens (including phenoxy) is 1. The molecular weight excluding hydrogens is 462 g/mol. The minimum absolute atomic E-state index is 0.0653. The molecule has 0 unspecified atom stereocenters. The van der Waals surface area contributed by atoms with Gasteiger partial charge in [-0.25, -0.2) is 8.42 Å². The van der Waals surface area contributed by atoms with Gasteiger partial charge >= 0.3 is 5.97 Å². The number of amides is 1. The van der Waals surface area contributed by atoms with Gasteiger partial charge in [0.2, 0.25) is 0 Å². The summed E-state index contributed by atoms with van der Waals surface area (Å²) in [5, 5.41) is 0. The molecule has 0 radical (unpaired) electrons. The number of rotatable bonds is 6. The quantitative estimate of drug-likeness (QED) is 0.584. The summed E-state index contributed by atoms with van der Waals surface area (Å²) in [5.41, 5.74) is 0. The van der Waals surface area contributed by atoms with Crippen LogP contribution in [0.1, 0.15) is 36.1 Å². The van der Waals surface area contributed by atoms with Gasteiger partial charge in [-0.15, -0.1) is 0 Å². The standard InChI is InChI=1S/C20H22BrNO6S/c1-2-27-20(24)14-4-3-11-22(12-14)19(23)18-10-7-16(28-18)13-29(25,26)17-8-5-15(21)6-9-17/h5-10,14H,2-4,11-13H2,1H3/t14-/m1/s1. The Labute approximate surface area is 178 Å². The van der Waals surface area contributed by atoms with Crippen LogP contribution in [0, 0.1) is 5.92 Å². The minimum Gasteiger partial charge on any atom is -0.466 e. The molecule has 1 aromatic heterocycles. The van der Waals surface area contributed by atoms with Gasteiger partial charge in [-0.1, -0.05) is 15.9 Å². The molecule has 1 aliphatic rings. The molecule has 0 N–H and O–H groups in total. The van der Waals surface area contributed by atoms with Crippen LogP contribution in [-0.4, -0.2) is 44.9 Å². The largest absolute Gasteiger partial charge is 0.466 e. The fourth-order valence-corrected chi connectivity index (χ4v) is 4.76. The van der Waals surface area contributed by atoms with Crippen LogP contribution in [0.2, 0.25) is 0 Å². The van der Waals surface area contributed by atoms with Gasteiger partial charge < -0.3 is 14.1 Å². The average Bonchev–Trinajstić information content (AvgIpc) is 3.15. The predicted molar refractivity (Wildman–Crippen MR) is 109 cm³/mol. The number of carbonyl (C=O) groups excluding carboxylic acids is 2. The van der Waals surface area contributed by atoms with E-state index in [0.717, 1.165) is 4.47 Å². The van der Waals surface area contributed by atoms with E-state index in [1.165, 1.54) is 24.3 Å². The molecule has 0 spiro atoms. The molecule has 1 atom stereocenters. The van der Waals surface area contributed by atoms with Crippen LogP contribution in [0.4, 0.5) is 0 Å². The first-order chi connectivity index (χ1) is 13.8. The molecule has 2 heterocycles. The number of furan rings is 1. The number of esters is 1. The number of piperidine rings is 1. The smallest absolute Gasteiger partial charge is 0.310 e. The van der Waals surface area contributed by atoms with Gasteiger partial charge in [0.1, 0.15) is 11.5 Å². The van der Waals surface area contributed by atoms with Crippen molar-refractivity contribution in [1.82, 2.24) is 4.90 Å². The van der Waals surface area contributed by atoms with Crippen LogP contribution < -0.4 is 0 Å². The van der Waals surface area contributed by atoms with Crippen molar-refractivity contribution in [3.8, 4) is 0 Å². The minimum atomic E-state index is -3.59. The highest BCUT2D eigenvalue weighted by Crippen LogP contribution is 2.23. The van der Waals surface area contributed by atoms with E-state index in [1.807, 2.05) is 0 Å². The van der Waals surface area contributed by atoms with Gasteiger partial charge in [-0.3, -0.25) is 9.59 Å². The third-order valence-electron chi connectivity index (χ3n) is 4.71. The molecule has 0 bridgehead atoms. The molecule has 1 fully saturated rings. The second-order valence-electron chi connectivity index (χ2n) is 6.82. The van der Waals surface area contributed by atoms with E-state index >= 15 is 0 Å². The van der Waals surface area contributed by atoms with Crippen molar-refractivity contribution in [2.24, 2.45) is 5.92 Å². The molecule has 0 aliphatic carbocycles. The molecule has 29 heavy (non-hydrogen) atoms. The topological polar surface area (TPSA) is 93.9 Å². The summed E-state index contributed by atoms with van der Waals surface area (Å²) < 4.78 is 36.5. The number of sulfone groups is 1. The Bertz CT molecular complexity index is 983. The van der Waals surface area contributed by atoms with Crippen molar-refractivity contribution in [1.29, 1.82) is 0 Å². The van der Waals surface area contributed by atoms with Crippen molar-refractivity contribution in [2.45, 2.75) is 30.4 Å². The van der Waals surface area contributed by atoms with Crippen LogP contribution in [0.3, 0.4) is 0 Å². The highest BCUT2D eigenvalue weighted by atomic mass is 79.9. The summed E-state index contributed by atoms with van der Waals surface area (Å²) in [7, 11) is -3.59. The molecule has 1 amide bonds. The van der Waals surface area contributed by atoms with Crippen LogP contribution in [0.5, 0.6) is 0 Å². The molecule has 1 aromatic carbocycles. The summed E-state index contributed by atoms with van der Waals surface area (Å²) in [6.45, 7) is 2.83. The van der Waals surface area contributed by atoms with E-state index in [-0.39, 0.29) is 46.5 Å². The van der Waals surface area contributed by atoms with Crippen molar-refractivity contribution >= 4 is 37.6 Å². The zero-order chi connectivity index (χ0) is 21.0. The number of benzene rings is 1. The van der Waals surface area contributed by atoms with Crippen LogP contribution in [0.15, 0.2) is 50.2 Å². The van der Waals surface area contributed by atoms with Gasteiger partial charge in [0.25, 0.3) is 5.91 Å². The lowest BCUT2D eigenvalue weighted by atomic mass is 9.98. The Hall–Kier alpha value is -2.13. The summed E-state index contributed by atoms with van der Waals surface area (Å²) in [4.78, 5) is 26.4. The zero-order valence-electron chi connectivity index (χ0n) is 16.0. The first-order valence-corrected chi connectivity index (χ1v) is 11.8. The maximum atomic E-state index is 12.7. The Morgan fingerprint density at radius 3 is 2.62 bits per heavy atom. The fraction of sp³-hybridized carbons (Fsp3) is 0.400. The maximum Gasteiger partial charge on any atom is 0.310 e. The van der Waals surface area contributed by atoms with Gasteiger partial charge in [0.15, 0.2) is 15.6 Å². The molecule has 1 aliphatic heterocycles. The highest BCUT2D eigenvalue weighted by Gasteiger charge is 2.31. The van der Waals surface area contributed by atoms with Gasteiger partial charge in [-0.05, 0) is 56.2 Å². The maximum absolute atomic E-state index is 12.7. The second-order valence-corrected chi connectivity index (χ2v) is 9.73. The van der Waals surface area contributed by atoms with Crippen LogP contribution in [-0.2, 0) is 25.1 Å². The monoisotopic (exact) mass is 483 g/mol. The van der Waals surface area contributed by atoms with Gasteiger partial charge in [-0.2, -0.15) is 0 Å². The van der Waals surface area contributed by atoms with E-state index in [0.29, 0.717) is 26.0 Å². The molecule has 0 saturated carbocycles. The summed E-state index contributed by atoms with van der Waals surface area (Å²) >= 11 is 3.27. The average molecular weight is 484 g/mol. The second kappa shape index (κ2) is 9.13. The summed E-state index contributed by atoms with van der Waals surface area (Å²) in [5.74, 6) is -1.09. The molecule has 2 aromatic rings. The molecule has 9 heteroatoms. The molecular formula is C20H22BrNO6S. The zero-order valence-corrected chi connectivity index (χ0v) is 18.4. The fourth-order valence-electron chi connectivity index (χ4n) is 3.25. The van der Waals surface area contributed by atoms with Crippen LogP contribution >= 0.6 is 15.9 Å². The highest BCUT2D eigenvalue weighted by molar-refractivity contribution is 9.10. The third-order valence-corrected chi connectivity index (χ3v) is 6.89. The third kappa shape index (κ3) is 5.27. The lowest BCUT2D eigenvalue weighted by Crippen LogP contribution is -2.42. The summed E-state index contributed by atoms with van der Waals surface area (Å²) in [6.07, 6.45) is 1.37. The number of hydrogen-bond donors (Lipinski definition) is 0.